The van der Waals surface area contributed by atoms with Gasteiger partial charge in [0.1, 0.15) is 0 Å². The number of thiocarbonyl (C=S) groups is 1. The Morgan fingerprint density at radius 2 is 1.96 bits per heavy atom. The van der Waals surface area contributed by atoms with Crippen LogP contribution in [0.5, 0.6) is 0 Å². The van der Waals surface area contributed by atoms with E-state index in [9.17, 15) is 13.2 Å². The minimum absolute atomic E-state index is 0.128. The minimum Gasteiger partial charge on any atom is -0.365 e. The lowest BCUT2D eigenvalue weighted by Crippen LogP contribution is -2.41. The number of rotatable bonds is 6. The molecule has 1 rings (SSSR count). The highest BCUT2D eigenvalue weighted by molar-refractivity contribution is 7.80. The van der Waals surface area contributed by atoms with Gasteiger partial charge in [-0.05, 0) is 37.5 Å². The zero-order valence-electron chi connectivity index (χ0n) is 13.4. The number of amides is 1. The van der Waals surface area contributed by atoms with E-state index in [1.54, 1.807) is 14.1 Å². The van der Waals surface area contributed by atoms with Crippen molar-refractivity contribution >= 4 is 33.7 Å². The van der Waals surface area contributed by atoms with Crippen molar-refractivity contribution in [3.05, 3.63) is 35.4 Å². The van der Waals surface area contributed by atoms with Crippen molar-refractivity contribution in [2.24, 2.45) is 4.36 Å². The summed E-state index contributed by atoms with van der Waals surface area (Å²) in [6.07, 6.45) is 0.998. The maximum Gasteiger partial charge on any atom is 0.311 e. The van der Waals surface area contributed by atoms with Crippen molar-refractivity contribution < 1.29 is 13.2 Å². The maximum absolute atomic E-state index is 12.7. The molecule has 1 N–H and O–H groups in total. The van der Waals surface area contributed by atoms with Gasteiger partial charge in [0, 0.05) is 14.1 Å². The molecule has 0 spiro atoms. The van der Waals surface area contributed by atoms with Crippen LogP contribution < -0.4 is 5.32 Å². The lowest BCUT2D eigenvalue weighted by molar-refractivity contribution is -0.128. The molecular formula is C15H21N3O3S2. The molecule has 126 valence electrons. The van der Waals surface area contributed by atoms with E-state index < -0.39 is 10.5 Å². The summed E-state index contributed by atoms with van der Waals surface area (Å²) in [5.41, 5.74) is 1.99. The van der Waals surface area contributed by atoms with Gasteiger partial charge in [0.25, 0.3) is 0 Å². The predicted octanol–water partition coefficient (Wildman–Crippen LogP) is 1.88. The first kappa shape index (κ1) is 19.2. The molecule has 1 atom stereocenters. The molecule has 1 amide bonds. The highest BCUT2D eigenvalue weighted by atomic mass is 32.2. The summed E-state index contributed by atoms with van der Waals surface area (Å²) in [7, 11) is 0.879. The van der Waals surface area contributed by atoms with Crippen LogP contribution in [0.3, 0.4) is 0 Å². The Morgan fingerprint density at radius 1 is 1.35 bits per heavy atom. The first-order valence-corrected chi connectivity index (χ1v) is 8.63. The van der Waals surface area contributed by atoms with Crippen molar-refractivity contribution in [1.29, 1.82) is 0 Å². The Morgan fingerprint density at radius 3 is 2.48 bits per heavy atom. The third kappa shape index (κ3) is 6.07. The summed E-state index contributed by atoms with van der Waals surface area (Å²) in [5, 5.41) is 3.12. The average Bonchev–Trinajstić information content (AvgIpc) is 2.53. The fourth-order valence-corrected chi connectivity index (χ4v) is 2.54. The van der Waals surface area contributed by atoms with Gasteiger partial charge >= 0.3 is 10.5 Å². The van der Waals surface area contributed by atoms with E-state index in [4.69, 9.17) is 12.2 Å². The van der Waals surface area contributed by atoms with E-state index in [-0.39, 0.29) is 18.4 Å². The number of hydrogen-bond donors (Lipinski definition) is 1. The number of nitrogens with zero attached hydrogens (tertiary/aromatic N) is 2. The second kappa shape index (κ2) is 9.36. The molecule has 0 aliphatic rings. The van der Waals surface area contributed by atoms with Gasteiger partial charge in [0.2, 0.25) is 5.91 Å². The van der Waals surface area contributed by atoms with Crippen molar-refractivity contribution in [3.8, 4) is 0 Å². The van der Waals surface area contributed by atoms with E-state index >= 15 is 0 Å². The zero-order chi connectivity index (χ0) is 17.4. The van der Waals surface area contributed by atoms with E-state index in [0.29, 0.717) is 18.0 Å². The Labute approximate surface area is 143 Å². The molecule has 0 fully saturated rings. The van der Waals surface area contributed by atoms with E-state index in [1.807, 2.05) is 31.2 Å². The summed E-state index contributed by atoms with van der Waals surface area (Å²) in [4.78, 5) is 14.1. The predicted molar refractivity (Wildman–Crippen MR) is 93.8 cm³/mol. The van der Waals surface area contributed by atoms with Crippen LogP contribution in [0, 0.1) is 6.92 Å². The topological polar surface area (TPSA) is 78.8 Å². The maximum atomic E-state index is 12.7. The second-order valence-corrected chi connectivity index (χ2v) is 6.21. The van der Waals surface area contributed by atoms with Crippen LogP contribution in [-0.4, -0.2) is 45.0 Å². The minimum atomic E-state index is -2.41. The van der Waals surface area contributed by atoms with Crippen molar-refractivity contribution in [2.75, 3.05) is 20.6 Å². The third-order valence-electron chi connectivity index (χ3n) is 3.47. The molecule has 0 radical (unpaired) electrons. The molecule has 0 aliphatic carbocycles. The van der Waals surface area contributed by atoms with Gasteiger partial charge in [-0.3, -0.25) is 9.69 Å². The van der Waals surface area contributed by atoms with Crippen molar-refractivity contribution in [3.63, 3.8) is 0 Å². The van der Waals surface area contributed by atoms with Gasteiger partial charge < -0.3 is 5.32 Å². The fourth-order valence-electron chi connectivity index (χ4n) is 2.17. The van der Waals surface area contributed by atoms with Crippen LogP contribution in [0.2, 0.25) is 0 Å². The zero-order valence-corrected chi connectivity index (χ0v) is 15.1. The van der Waals surface area contributed by atoms with Crippen LogP contribution in [0.25, 0.3) is 0 Å². The molecule has 1 aromatic rings. The van der Waals surface area contributed by atoms with Gasteiger partial charge in [-0.2, -0.15) is 12.8 Å². The highest BCUT2D eigenvalue weighted by Gasteiger charge is 2.25. The Bertz CT molecular complexity index is 676. The van der Waals surface area contributed by atoms with Crippen LogP contribution in [0.4, 0.5) is 0 Å². The van der Waals surface area contributed by atoms with Crippen LogP contribution in [0.15, 0.2) is 28.6 Å². The first-order valence-electron chi connectivity index (χ1n) is 7.19. The van der Waals surface area contributed by atoms with Crippen LogP contribution in [0.1, 0.15) is 29.9 Å². The molecule has 0 heterocycles. The number of likely N-dealkylation sites (N-methyl/N-ethyl adjacent to an activating group) is 1. The smallest absolute Gasteiger partial charge is 0.311 e. The monoisotopic (exact) mass is 355 g/mol. The molecule has 0 aliphatic heterocycles. The largest absolute Gasteiger partial charge is 0.365 e. The number of aryl methyl sites for hydroxylation is 1. The van der Waals surface area contributed by atoms with Gasteiger partial charge in [-0.15, -0.1) is 0 Å². The fraction of sp³-hybridized carbons (Fsp3) is 0.467. The summed E-state index contributed by atoms with van der Waals surface area (Å²) >= 11 is 5.11. The Hall–Kier alpha value is -1.80. The SMILES string of the molecule is CNC(=S)N(C)C(=O)C(CCCN=S(=O)=O)c1ccc(C)cc1. The number of nitrogens with one attached hydrogen (secondary N) is 1. The average molecular weight is 355 g/mol. The van der Waals surface area contributed by atoms with Crippen LogP contribution in [-0.2, 0) is 15.3 Å². The summed E-state index contributed by atoms with van der Waals surface area (Å²) in [6.45, 7) is 2.15. The standard InChI is InChI=1S/C15H21N3O3S2/c1-11-6-8-12(9-7-11)13(5-4-10-17-23(20)21)14(19)18(3)15(22)16-2/h6-9,13H,4-5,10H2,1-3H3,(H,16,22). The number of benzene rings is 1. The molecule has 0 aromatic heterocycles. The van der Waals surface area contributed by atoms with Crippen LogP contribution >= 0.6 is 12.2 Å². The summed E-state index contributed by atoms with van der Waals surface area (Å²) in [6, 6.07) is 7.72. The van der Waals surface area contributed by atoms with Crippen molar-refractivity contribution in [1.82, 2.24) is 10.2 Å². The van der Waals surface area contributed by atoms with Gasteiger partial charge in [-0.25, -0.2) is 0 Å². The molecule has 8 heteroatoms. The normalized spacial score (nSPS) is 11.4. The highest BCUT2D eigenvalue weighted by Crippen LogP contribution is 2.24. The molecule has 23 heavy (non-hydrogen) atoms. The number of carbonyl (C=O) groups excluding carboxylic acids is 1. The van der Waals surface area contributed by atoms with Gasteiger partial charge in [-0.1, -0.05) is 29.8 Å². The van der Waals surface area contributed by atoms with Gasteiger partial charge in [0.05, 0.1) is 12.5 Å². The molecule has 0 saturated carbocycles. The Kier molecular flexibility index (Phi) is 7.84. The molecule has 6 nitrogen and oxygen atoms in total. The third-order valence-corrected chi connectivity index (χ3v) is 4.35. The second-order valence-electron chi connectivity index (χ2n) is 5.13. The molecule has 0 saturated heterocycles. The van der Waals surface area contributed by atoms with Gasteiger partial charge in [0.15, 0.2) is 5.11 Å². The van der Waals surface area contributed by atoms with Crippen molar-refractivity contribution in [2.45, 2.75) is 25.7 Å². The molecule has 0 bridgehead atoms. The summed E-state index contributed by atoms with van der Waals surface area (Å²) < 4.78 is 24.3. The van der Waals surface area contributed by atoms with E-state index in [1.165, 1.54) is 4.90 Å². The van der Waals surface area contributed by atoms with E-state index in [0.717, 1.165) is 11.1 Å². The summed E-state index contributed by atoms with van der Waals surface area (Å²) in [5.74, 6) is -0.515. The Balaban J connectivity index is 2.95. The molecule has 1 aromatic carbocycles. The molecular weight excluding hydrogens is 334 g/mol. The quantitative estimate of drug-likeness (QED) is 0.623. The first-order chi connectivity index (χ1) is 10.9. The lowest BCUT2D eigenvalue weighted by atomic mass is 9.92. The van der Waals surface area contributed by atoms with E-state index in [2.05, 4.69) is 9.68 Å². The number of hydrogen-bond acceptors (Lipinski definition) is 5. The lowest BCUT2D eigenvalue weighted by Gasteiger charge is -2.24. The molecule has 1 unspecified atom stereocenters. The number of carbonyl (C=O) groups is 1.